The first-order chi connectivity index (χ1) is 5.79. The molecule has 0 saturated carbocycles. The molecule has 0 N–H and O–H groups in total. The minimum atomic E-state index is 0.184. The van der Waals surface area contributed by atoms with Gasteiger partial charge in [0.2, 0.25) is 0 Å². The fraction of sp³-hybridized carbons (Fsp3) is 0.143. The van der Waals surface area contributed by atoms with E-state index in [-0.39, 0.29) is 5.82 Å². The average molecular weight is 162 g/mol. The molecule has 0 aromatic rings. The molecule has 0 radical (unpaired) electrons. The second-order valence-corrected chi connectivity index (χ2v) is 2.45. The molecule has 0 unspecified atom stereocenters. The number of aryl methyl sites for hydroxylation is 1. The molecule has 0 atom stereocenters. The van der Waals surface area contributed by atoms with Crippen molar-refractivity contribution in [2.75, 3.05) is 0 Å². The zero-order chi connectivity index (χ0) is 8.55. The number of nitrogens with zero attached hydrogens (tertiary/aromatic N) is 4. The molecule has 0 aromatic carbocycles. The maximum atomic E-state index is 10.3. The number of rotatable bonds is 1. The van der Waals surface area contributed by atoms with Gasteiger partial charge in [-0.25, -0.2) is 15.0 Å². The van der Waals surface area contributed by atoms with Crippen LogP contribution in [-0.2, 0) is 7.05 Å². The number of hydrogen-bond donors (Lipinski definition) is 0. The van der Waals surface area contributed by atoms with E-state index in [0.717, 1.165) is 0 Å². The minimum Gasteiger partial charge on any atom is -0.340 e. The van der Waals surface area contributed by atoms with Crippen molar-refractivity contribution in [3.8, 4) is 11.5 Å². The number of hydrogen-bond acceptors (Lipinski definition) is 4. The van der Waals surface area contributed by atoms with Gasteiger partial charge >= 0.3 is 0 Å². The summed E-state index contributed by atoms with van der Waals surface area (Å²) in [5.41, 5.74) is 0.641. The lowest BCUT2D eigenvalue weighted by atomic mass is 10.4. The average Bonchev–Trinajstić information content (AvgIpc) is 2.46. The number of fused-ring (bicyclic) bond motifs is 1. The molecule has 0 aromatic heterocycles. The molecule has 0 bridgehead atoms. The van der Waals surface area contributed by atoms with E-state index in [1.807, 2.05) is 7.05 Å². The summed E-state index contributed by atoms with van der Waals surface area (Å²) in [6, 6.07) is 0. The van der Waals surface area contributed by atoms with Gasteiger partial charge in [0, 0.05) is 13.2 Å². The SMILES string of the molecule is Cn1cnc2nc(C=O)nc-2c1. The van der Waals surface area contributed by atoms with Crippen LogP contribution in [0.5, 0.6) is 0 Å². The van der Waals surface area contributed by atoms with Gasteiger partial charge in [-0.3, -0.25) is 4.79 Å². The third kappa shape index (κ3) is 0.952. The van der Waals surface area contributed by atoms with E-state index in [1.165, 1.54) is 0 Å². The molecule has 2 aliphatic rings. The second-order valence-electron chi connectivity index (χ2n) is 2.45. The molecule has 2 rings (SSSR count). The van der Waals surface area contributed by atoms with Crippen LogP contribution in [0.25, 0.3) is 11.5 Å². The molecule has 0 spiro atoms. The van der Waals surface area contributed by atoms with Crippen molar-refractivity contribution in [2.45, 2.75) is 0 Å². The first-order valence-electron chi connectivity index (χ1n) is 3.40. The summed E-state index contributed by atoms with van der Waals surface area (Å²) in [5.74, 6) is 0.693. The summed E-state index contributed by atoms with van der Waals surface area (Å²) in [7, 11) is 1.84. The van der Waals surface area contributed by atoms with Gasteiger partial charge in [-0.05, 0) is 0 Å². The van der Waals surface area contributed by atoms with Crippen molar-refractivity contribution >= 4 is 6.29 Å². The van der Waals surface area contributed by atoms with Crippen molar-refractivity contribution in [1.82, 2.24) is 19.5 Å². The van der Waals surface area contributed by atoms with Gasteiger partial charge in [0.15, 0.2) is 17.9 Å². The molecule has 0 saturated heterocycles. The Balaban J connectivity index is 2.68. The fourth-order valence-corrected chi connectivity index (χ4v) is 0.970. The van der Waals surface area contributed by atoms with Crippen molar-refractivity contribution in [3.63, 3.8) is 0 Å². The van der Waals surface area contributed by atoms with Gasteiger partial charge in [0.25, 0.3) is 0 Å². The monoisotopic (exact) mass is 162 g/mol. The highest BCUT2D eigenvalue weighted by Crippen LogP contribution is 2.12. The smallest absolute Gasteiger partial charge is 0.195 e. The zero-order valence-corrected chi connectivity index (χ0v) is 6.43. The third-order valence-corrected chi connectivity index (χ3v) is 1.48. The molecule has 0 aliphatic carbocycles. The molecule has 0 fully saturated rings. The second kappa shape index (κ2) is 2.37. The van der Waals surface area contributed by atoms with Gasteiger partial charge in [0.1, 0.15) is 5.69 Å². The Morgan fingerprint density at radius 3 is 3.08 bits per heavy atom. The molecule has 60 valence electrons. The third-order valence-electron chi connectivity index (χ3n) is 1.48. The number of aldehydes is 1. The first-order valence-corrected chi connectivity index (χ1v) is 3.40. The van der Waals surface area contributed by atoms with Crippen LogP contribution in [0.2, 0.25) is 0 Å². The highest BCUT2D eigenvalue weighted by atomic mass is 16.1. The minimum absolute atomic E-state index is 0.184. The topological polar surface area (TPSA) is 60.7 Å². The number of carbonyl (C=O) groups excluding carboxylic acids is 1. The number of imidazole rings is 1. The Kier molecular flexibility index (Phi) is 1.36. The molecule has 5 nitrogen and oxygen atoms in total. The van der Waals surface area contributed by atoms with Gasteiger partial charge in [-0.2, -0.15) is 0 Å². The van der Waals surface area contributed by atoms with Gasteiger partial charge in [-0.15, -0.1) is 0 Å². The standard InChI is InChI=1S/C7H6N4O/c1-11-2-5-7(8-4-11)10-6(3-12)9-5/h2-4H,1H3. The Bertz CT molecular complexity index is 395. The Morgan fingerprint density at radius 2 is 2.33 bits per heavy atom. The van der Waals surface area contributed by atoms with Crippen LogP contribution in [0.15, 0.2) is 12.5 Å². The maximum absolute atomic E-state index is 10.3. The normalized spacial score (nSPS) is 10.4. The van der Waals surface area contributed by atoms with E-state index >= 15 is 0 Å². The van der Waals surface area contributed by atoms with E-state index in [0.29, 0.717) is 17.8 Å². The van der Waals surface area contributed by atoms with E-state index in [9.17, 15) is 4.79 Å². The Labute approximate surface area is 68.4 Å². The summed E-state index contributed by atoms with van der Waals surface area (Å²) in [6.07, 6.45) is 4.00. The highest BCUT2D eigenvalue weighted by molar-refractivity contribution is 5.72. The van der Waals surface area contributed by atoms with Crippen LogP contribution in [0.4, 0.5) is 0 Å². The van der Waals surface area contributed by atoms with E-state index < -0.39 is 0 Å². The Morgan fingerprint density at radius 1 is 1.50 bits per heavy atom. The van der Waals surface area contributed by atoms with Gasteiger partial charge in [-0.1, -0.05) is 0 Å². The molecule has 2 heterocycles. The molecular formula is C7H6N4O. The lowest BCUT2D eigenvalue weighted by Gasteiger charge is -1.97. The summed E-state index contributed by atoms with van der Waals surface area (Å²) < 4.78 is 1.76. The van der Waals surface area contributed by atoms with Crippen LogP contribution < -0.4 is 0 Å². The first kappa shape index (κ1) is 6.90. The van der Waals surface area contributed by atoms with Crippen molar-refractivity contribution in [2.24, 2.45) is 7.05 Å². The lowest BCUT2D eigenvalue weighted by molar-refractivity contribution is 0.111. The zero-order valence-electron chi connectivity index (χ0n) is 6.43. The summed E-state index contributed by atoms with van der Waals surface area (Å²) in [5, 5.41) is 0. The van der Waals surface area contributed by atoms with E-state index in [1.54, 1.807) is 17.1 Å². The lowest BCUT2D eigenvalue weighted by Crippen LogP contribution is -1.94. The molecule has 12 heavy (non-hydrogen) atoms. The van der Waals surface area contributed by atoms with Gasteiger partial charge in [0.05, 0.1) is 6.33 Å². The largest absolute Gasteiger partial charge is 0.340 e. The van der Waals surface area contributed by atoms with Crippen molar-refractivity contribution in [3.05, 3.63) is 18.3 Å². The summed E-state index contributed by atoms with van der Waals surface area (Å²) in [4.78, 5) is 22.1. The van der Waals surface area contributed by atoms with E-state index in [2.05, 4.69) is 15.0 Å². The van der Waals surface area contributed by atoms with Crippen LogP contribution >= 0.6 is 0 Å². The molecule has 5 heteroatoms. The fourth-order valence-electron chi connectivity index (χ4n) is 0.970. The van der Waals surface area contributed by atoms with Crippen LogP contribution in [0, 0.1) is 0 Å². The van der Waals surface area contributed by atoms with Crippen molar-refractivity contribution in [1.29, 1.82) is 0 Å². The molecule has 2 aliphatic heterocycles. The Hall–Kier alpha value is -1.78. The number of carbonyl (C=O) groups is 1. The van der Waals surface area contributed by atoms with Crippen LogP contribution in [0.1, 0.15) is 10.6 Å². The van der Waals surface area contributed by atoms with Crippen molar-refractivity contribution < 1.29 is 4.79 Å². The highest BCUT2D eigenvalue weighted by Gasteiger charge is 2.10. The molecular weight excluding hydrogens is 156 g/mol. The molecule has 0 amide bonds. The quantitative estimate of drug-likeness (QED) is 0.559. The van der Waals surface area contributed by atoms with Gasteiger partial charge < -0.3 is 4.57 Å². The van der Waals surface area contributed by atoms with Crippen LogP contribution in [-0.4, -0.2) is 25.8 Å². The predicted octanol–water partition coefficient (Wildman–Crippen LogP) is 0.127. The predicted molar refractivity (Wildman–Crippen MR) is 40.8 cm³/mol. The van der Waals surface area contributed by atoms with E-state index in [4.69, 9.17) is 0 Å². The number of aromatic nitrogens is 4. The maximum Gasteiger partial charge on any atom is 0.195 e. The summed E-state index contributed by atoms with van der Waals surface area (Å²) >= 11 is 0. The van der Waals surface area contributed by atoms with Crippen LogP contribution in [0.3, 0.4) is 0 Å². The summed E-state index contributed by atoms with van der Waals surface area (Å²) in [6.45, 7) is 0.